The molecular formula is C12H12FNO2S. The monoisotopic (exact) mass is 253 g/mol. The molecule has 0 aliphatic carbocycles. The lowest BCUT2D eigenvalue weighted by atomic mass is 10.2. The molecule has 0 unspecified atom stereocenters. The Morgan fingerprint density at radius 2 is 2.29 bits per heavy atom. The summed E-state index contributed by atoms with van der Waals surface area (Å²) in [5.74, 6) is 0.120. The van der Waals surface area contributed by atoms with E-state index < -0.39 is 0 Å². The fraction of sp³-hybridized carbons (Fsp3) is 0.250. The van der Waals surface area contributed by atoms with E-state index in [1.807, 2.05) is 6.92 Å². The molecule has 5 heteroatoms. The second-order valence-corrected chi connectivity index (χ2v) is 4.86. The Labute approximate surface area is 103 Å². The average Bonchev–Trinajstić information content (AvgIpc) is 2.73. The van der Waals surface area contributed by atoms with Crippen LogP contribution in [0.1, 0.15) is 15.4 Å². The molecule has 0 fully saturated rings. The summed E-state index contributed by atoms with van der Waals surface area (Å²) < 4.78 is 18.5. The van der Waals surface area contributed by atoms with E-state index in [1.165, 1.54) is 18.2 Å². The van der Waals surface area contributed by atoms with Crippen molar-refractivity contribution in [3.8, 4) is 5.75 Å². The molecule has 0 aliphatic rings. The Balaban J connectivity index is 2.08. The Hall–Kier alpha value is -1.46. The molecule has 0 amide bonds. The number of nitrogens with zero attached hydrogens (tertiary/aromatic N) is 1. The first kappa shape index (κ1) is 12.0. The minimum Gasteiger partial charge on any atom is -0.488 e. The summed E-state index contributed by atoms with van der Waals surface area (Å²) in [4.78, 5) is 5.11. The zero-order valence-corrected chi connectivity index (χ0v) is 10.1. The van der Waals surface area contributed by atoms with Gasteiger partial charge in [0.2, 0.25) is 0 Å². The summed E-state index contributed by atoms with van der Waals surface area (Å²) in [5, 5.41) is 10.1. The molecule has 2 rings (SSSR count). The zero-order chi connectivity index (χ0) is 12.3. The van der Waals surface area contributed by atoms with Gasteiger partial charge in [-0.25, -0.2) is 9.37 Å². The minimum atomic E-state index is -0.380. The predicted molar refractivity (Wildman–Crippen MR) is 63.5 cm³/mol. The topological polar surface area (TPSA) is 42.4 Å². The average molecular weight is 253 g/mol. The second kappa shape index (κ2) is 5.25. The number of ether oxygens (including phenoxy) is 1. The summed E-state index contributed by atoms with van der Waals surface area (Å²) in [5.41, 5.74) is 0.450. The Kier molecular flexibility index (Phi) is 3.71. The minimum absolute atomic E-state index is 0.241. The molecule has 0 atom stereocenters. The van der Waals surface area contributed by atoms with Gasteiger partial charge in [-0.05, 0) is 25.1 Å². The van der Waals surface area contributed by atoms with Crippen LogP contribution in [-0.2, 0) is 13.2 Å². The molecule has 90 valence electrons. The molecular weight excluding hydrogens is 241 g/mol. The molecule has 17 heavy (non-hydrogen) atoms. The van der Waals surface area contributed by atoms with E-state index in [-0.39, 0.29) is 12.4 Å². The summed E-state index contributed by atoms with van der Waals surface area (Å²) in [6, 6.07) is 4.11. The Morgan fingerprint density at radius 1 is 1.47 bits per heavy atom. The maximum atomic E-state index is 12.9. The van der Waals surface area contributed by atoms with Crippen molar-refractivity contribution in [3.05, 3.63) is 45.7 Å². The first-order valence-corrected chi connectivity index (χ1v) is 5.94. The maximum Gasteiger partial charge on any atom is 0.125 e. The quantitative estimate of drug-likeness (QED) is 0.910. The van der Waals surface area contributed by atoms with Crippen LogP contribution < -0.4 is 4.74 Å². The van der Waals surface area contributed by atoms with Gasteiger partial charge in [0.15, 0.2) is 0 Å². The molecule has 1 heterocycles. The van der Waals surface area contributed by atoms with Crippen LogP contribution in [0.15, 0.2) is 24.4 Å². The van der Waals surface area contributed by atoms with Gasteiger partial charge in [-0.2, -0.15) is 0 Å². The van der Waals surface area contributed by atoms with Gasteiger partial charge in [-0.3, -0.25) is 0 Å². The summed E-state index contributed by atoms with van der Waals surface area (Å²) >= 11 is 1.55. The molecule has 1 aromatic heterocycles. The first-order chi connectivity index (χ1) is 8.19. The number of hydrogen-bond acceptors (Lipinski definition) is 4. The highest BCUT2D eigenvalue weighted by Gasteiger charge is 2.06. The zero-order valence-electron chi connectivity index (χ0n) is 9.31. The van der Waals surface area contributed by atoms with Crippen LogP contribution >= 0.6 is 11.3 Å². The van der Waals surface area contributed by atoms with Crippen LogP contribution in [0.2, 0.25) is 0 Å². The van der Waals surface area contributed by atoms with Crippen molar-refractivity contribution in [1.82, 2.24) is 4.98 Å². The van der Waals surface area contributed by atoms with Crippen molar-refractivity contribution in [2.24, 2.45) is 0 Å². The van der Waals surface area contributed by atoms with Gasteiger partial charge in [-0.15, -0.1) is 11.3 Å². The third-order valence-corrected chi connectivity index (χ3v) is 3.12. The smallest absolute Gasteiger partial charge is 0.125 e. The summed E-state index contributed by atoms with van der Waals surface area (Å²) in [6.45, 7) is 2.06. The van der Waals surface area contributed by atoms with Crippen molar-refractivity contribution in [3.63, 3.8) is 0 Å². The molecule has 0 aliphatic heterocycles. The number of halogens is 1. The fourth-order valence-corrected chi connectivity index (χ4v) is 2.14. The van der Waals surface area contributed by atoms with Crippen LogP contribution in [0.4, 0.5) is 4.39 Å². The number of hydrogen-bond donors (Lipinski definition) is 1. The van der Waals surface area contributed by atoms with Crippen LogP contribution in [0, 0.1) is 12.7 Å². The number of aryl methyl sites for hydroxylation is 1. The molecule has 0 saturated heterocycles. The Morgan fingerprint density at radius 3 is 2.94 bits per heavy atom. The molecule has 0 bridgehead atoms. The van der Waals surface area contributed by atoms with Gasteiger partial charge in [0, 0.05) is 11.8 Å². The third kappa shape index (κ3) is 3.01. The largest absolute Gasteiger partial charge is 0.488 e. The highest BCUT2D eigenvalue weighted by Crippen LogP contribution is 2.22. The number of aliphatic hydroxyl groups is 1. The standard InChI is InChI=1S/C12H12FNO2S/c1-8-14-5-11(17-8)7-16-12-3-2-10(13)4-9(12)6-15/h2-5,15H,6-7H2,1H3. The molecule has 0 radical (unpaired) electrons. The number of thiazole rings is 1. The second-order valence-electron chi connectivity index (χ2n) is 3.54. The molecule has 1 N–H and O–H groups in total. The lowest BCUT2D eigenvalue weighted by molar-refractivity contribution is 0.259. The van der Waals surface area contributed by atoms with E-state index >= 15 is 0 Å². The van der Waals surface area contributed by atoms with Crippen molar-refractivity contribution in [2.75, 3.05) is 0 Å². The van der Waals surface area contributed by atoms with Gasteiger partial charge < -0.3 is 9.84 Å². The highest BCUT2D eigenvalue weighted by atomic mass is 32.1. The number of rotatable bonds is 4. The lowest BCUT2D eigenvalue weighted by Crippen LogP contribution is -1.97. The fourth-order valence-electron chi connectivity index (χ4n) is 1.43. The van der Waals surface area contributed by atoms with Gasteiger partial charge in [0.1, 0.15) is 18.2 Å². The van der Waals surface area contributed by atoms with Crippen molar-refractivity contribution < 1.29 is 14.2 Å². The molecule has 0 saturated carbocycles. The summed E-state index contributed by atoms with van der Waals surface area (Å²) in [7, 11) is 0. The highest BCUT2D eigenvalue weighted by molar-refractivity contribution is 7.11. The van der Waals surface area contributed by atoms with Crippen molar-refractivity contribution in [2.45, 2.75) is 20.1 Å². The van der Waals surface area contributed by atoms with Gasteiger partial charge >= 0.3 is 0 Å². The SMILES string of the molecule is Cc1ncc(COc2ccc(F)cc2CO)s1. The van der Waals surface area contributed by atoms with Crippen LogP contribution in [-0.4, -0.2) is 10.1 Å². The van der Waals surface area contributed by atoms with Crippen molar-refractivity contribution in [1.29, 1.82) is 0 Å². The van der Waals surface area contributed by atoms with Gasteiger partial charge in [0.25, 0.3) is 0 Å². The molecule has 0 spiro atoms. The lowest BCUT2D eigenvalue weighted by Gasteiger charge is -2.08. The number of aromatic nitrogens is 1. The number of benzene rings is 1. The molecule has 2 aromatic rings. The van der Waals surface area contributed by atoms with E-state index in [0.717, 1.165) is 9.88 Å². The van der Waals surface area contributed by atoms with Crippen LogP contribution in [0.5, 0.6) is 5.75 Å². The van der Waals surface area contributed by atoms with Crippen LogP contribution in [0.25, 0.3) is 0 Å². The van der Waals surface area contributed by atoms with Gasteiger partial charge in [-0.1, -0.05) is 0 Å². The maximum absolute atomic E-state index is 12.9. The normalized spacial score (nSPS) is 10.5. The van der Waals surface area contributed by atoms with Crippen LogP contribution in [0.3, 0.4) is 0 Å². The molecule has 3 nitrogen and oxygen atoms in total. The number of aliphatic hydroxyl groups excluding tert-OH is 1. The van der Waals surface area contributed by atoms with E-state index in [0.29, 0.717) is 17.9 Å². The van der Waals surface area contributed by atoms with E-state index in [2.05, 4.69) is 4.98 Å². The van der Waals surface area contributed by atoms with E-state index in [1.54, 1.807) is 17.5 Å². The molecule has 1 aromatic carbocycles. The van der Waals surface area contributed by atoms with E-state index in [9.17, 15) is 4.39 Å². The summed E-state index contributed by atoms with van der Waals surface area (Å²) in [6.07, 6.45) is 1.75. The van der Waals surface area contributed by atoms with E-state index in [4.69, 9.17) is 9.84 Å². The first-order valence-electron chi connectivity index (χ1n) is 5.12. The van der Waals surface area contributed by atoms with Crippen molar-refractivity contribution >= 4 is 11.3 Å². The predicted octanol–water partition coefficient (Wildman–Crippen LogP) is 2.66. The Bertz CT molecular complexity index is 513. The van der Waals surface area contributed by atoms with Gasteiger partial charge in [0.05, 0.1) is 16.5 Å². The third-order valence-electron chi connectivity index (χ3n) is 2.23.